The molecule has 0 amide bonds. The topological polar surface area (TPSA) is 24.1 Å². The van der Waals surface area contributed by atoms with E-state index in [0.717, 1.165) is 18.7 Å². The van der Waals surface area contributed by atoms with Crippen molar-refractivity contribution < 1.29 is 0 Å². The molecular formula is C13H20N2S2. The molecule has 1 aromatic rings. The molecular weight excluding hydrogens is 248 g/mol. The molecule has 0 radical (unpaired) electrons. The number of thiocarbonyl (C=S) groups is 1. The first-order valence-electron chi connectivity index (χ1n) is 5.75. The van der Waals surface area contributed by atoms with Crippen molar-refractivity contribution in [1.82, 2.24) is 5.32 Å². The Morgan fingerprint density at radius 3 is 2.82 bits per heavy atom. The third kappa shape index (κ3) is 4.96. The maximum absolute atomic E-state index is 5.26. The van der Waals surface area contributed by atoms with Gasteiger partial charge in [-0.05, 0) is 61.7 Å². The van der Waals surface area contributed by atoms with Crippen LogP contribution in [0.2, 0.25) is 0 Å². The third-order valence-corrected chi connectivity index (χ3v) is 3.61. The second-order valence-electron chi connectivity index (χ2n) is 3.97. The SMILES string of the molecule is CSCCCNC(=S)Nc1cccc(C)c1C. The van der Waals surface area contributed by atoms with Crippen LogP contribution in [0.4, 0.5) is 5.69 Å². The Morgan fingerprint density at radius 2 is 2.12 bits per heavy atom. The summed E-state index contributed by atoms with van der Waals surface area (Å²) >= 11 is 7.12. The average Bonchev–Trinajstić information content (AvgIpc) is 2.31. The van der Waals surface area contributed by atoms with Crippen LogP contribution in [0.5, 0.6) is 0 Å². The Hall–Kier alpha value is -0.740. The molecule has 4 heteroatoms. The molecule has 0 unspecified atom stereocenters. The first-order chi connectivity index (χ1) is 8.15. The fraction of sp³-hybridized carbons (Fsp3) is 0.462. The highest BCUT2D eigenvalue weighted by molar-refractivity contribution is 7.98. The van der Waals surface area contributed by atoms with E-state index in [1.54, 1.807) is 0 Å². The zero-order valence-corrected chi connectivity index (χ0v) is 12.3. The Labute approximate surface area is 114 Å². The van der Waals surface area contributed by atoms with Crippen molar-refractivity contribution in [3.8, 4) is 0 Å². The Bertz CT molecular complexity index is 378. The standard InChI is InChI=1S/C13H20N2S2/c1-10-6-4-7-12(11(10)2)15-13(16)14-8-5-9-17-3/h4,6-7H,5,8-9H2,1-3H3,(H2,14,15,16). The molecule has 0 atom stereocenters. The molecule has 94 valence electrons. The monoisotopic (exact) mass is 268 g/mol. The minimum Gasteiger partial charge on any atom is -0.362 e. The van der Waals surface area contributed by atoms with Crippen LogP contribution in [0.3, 0.4) is 0 Å². The predicted octanol–water partition coefficient (Wildman–Crippen LogP) is 3.34. The fourth-order valence-corrected chi connectivity index (χ4v) is 2.12. The normalized spacial score (nSPS) is 10.1. The van der Waals surface area contributed by atoms with Crippen LogP contribution in [-0.4, -0.2) is 23.7 Å². The molecule has 0 aliphatic carbocycles. The van der Waals surface area contributed by atoms with Crippen LogP contribution in [-0.2, 0) is 0 Å². The Balaban J connectivity index is 2.43. The van der Waals surface area contributed by atoms with Crippen molar-refractivity contribution in [2.45, 2.75) is 20.3 Å². The molecule has 0 spiro atoms. The number of anilines is 1. The Morgan fingerprint density at radius 1 is 1.35 bits per heavy atom. The average molecular weight is 268 g/mol. The molecule has 2 N–H and O–H groups in total. The molecule has 0 aliphatic rings. The van der Waals surface area contributed by atoms with E-state index in [9.17, 15) is 0 Å². The molecule has 0 bridgehead atoms. The van der Waals surface area contributed by atoms with Crippen molar-refractivity contribution in [3.05, 3.63) is 29.3 Å². The maximum Gasteiger partial charge on any atom is 0.170 e. The summed E-state index contributed by atoms with van der Waals surface area (Å²) in [7, 11) is 0. The first kappa shape index (κ1) is 14.3. The first-order valence-corrected chi connectivity index (χ1v) is 7.55. The smallest absolute Gasteiger partial charge is 0.170 e. The van der Waals surface area contributed by atoms with E-state index in [1.807, 2.05) is 17.8 Å². The zero-order chi connectivity index (χ0) is 12.7. The maximum atomic E-state index is 5.26. The van der Waals surface area contributed by atoms with Crippen LogP contribution in [0, 0.1) is 13.8 Å². The predicted molar refractivity (Wildman–Crippen MR) is 83.1 cm³/mol. The van der Waals surface area contributed by atoms with Gasteiger partial charge in [0.15, 0.2) is 5.11 Å². The van der Waals surface area contributed by atoms with E-state index in [1.165, 1.54) is 16.9 Å². The zero-order valence-electron chi connectivity index (χ0n) is 10.7. The molecule has 1 aromatic carbocycles. The van der Waals surface area contributed by atoms with E-state index in [0.29, 0.717) is 5.11 Å². The summed E-state index contributed by atoms with van der Waals surface area (Å²) in [6.45, 7) is 5.14. The molecule has 0 saturated heterocycles. The lowest BCUT2D eigenvalue weighted by molar-refractivity contribution is 0.855. The minimum atomic E-state index is 0.708. The molecule has 0 saturated carbocycles. The van der Waals surface area contributed by atoms with Crippen LogP contribution in [0.25, 0.3) is 0 Å². The summed E-state index contributed by atoms with van der Waals surface area (Å²) in [5.41, 5.74) is 3.62. The number of hydrogen-bond donors (Lipinski definition) is 2. The van der Waals surface area contributed by atoms with E-state index < -0.39 is 0 Å². The Kier molecular flexibility index (Phi) is 6.37. The van der Waals surface area contributed by atoms with Crippen molar-refractivity contribution in [3.63, 3.8) is 0 Å². The molecule has 2 nitrogen and oxygen atoms in total. The highest BCUT2D eigenvalue weighted by Gasteiger charge is 2.02. The summed E-state index contributed by atoms with van der Waals surface area (Å²) in [5.74, 6) is 1.17. The van der Waals surface area contributed by atoms with Crippen molar-refractivity contribution in [2.24, 2.45) is 0 Å². The van der Waals surface area contributed by atoms with Gasteiger partial charge in [0.2, 0.25) is 0 Å². The number of benzene rings is 1. The van der Waals surface area contributed by atoms with Gasteiger partial charge in [-0.25, -0.2) is 0 Å². The summed E-state index contributed by atoms with van der Waals surface area (Å²) in [6.07, 6.45) is 3.25. The van der Waals surface area contributed by atoms with Crippen LogP contribution >= 0.6 is 24.0 Å². The van der Waals surface area contributed by atoms with E-state index in [-0.39, 0.29) is 0 Å². The highest BCUT2D eigenvalue weighted by atomic mass is 32.2. The summed E-state index contributed by atoms with van der Waals surface area (Å²) in [5, 5.41) is 7.17. The van der Waals surface area contributed by atoms with Gasteiger partial charge in [-0.3, -0.25) is 0 Å². The molecule has 0 aliphatic heterocycles. The molecule has 1 rings (SSSR count). The molecule has 0 fully saturated rings. The number of rotatable bonds is 5. The van der Waals surface area contributed by atoms with E-state index in [2.05, 4.69) is 42.9 Å². The lowest BCUT2D eigenvalue weighted by atomic mass is 10.1. The quantitative estimate of drug-likeness (QED) is 0.632. The molecule has 0 aromatic heterocycles. The molecule has 17 heavy (non-hydrogen) atoms. The number of hydrogen-bond acceptors (Lipinski definition) is 2. The van der Waals surface area contributed by atoms with E-state index >= 15 is 0 Å². The lowest BCUT2D eigenvalue weighted by Crippen LogP contribution is -2.29. The van der Waals surface area contributed by atoms with Gasteiger partial charge in [0.05, 0.1) is 0 Å². The van der Waals surface area contributed by atoms with Gasteiger partial charge in [-0.2, -0.15) is 11.8 Å². The number of thioether (sulfide) groups is 1. The number of nitrogens with one attached hydrogen (secondary N) is 2. The highest BCUT2D eigenvalue weighted by Crippen LogP contribution is 2.17. The van der Waals surface area contributed by atoms with Gasteiger partial charge < -0.3 is 10.6 Å². The molecule has 0 heterocycles. The van der Waals surface area contributed by atoms with Crippen LogP contribution < -0.4 is 10.6 Å². The number of aryl methyl sites for hydroxylation is 1. The fourth-order valence-electron chi connectivity index (χ4n) is 1.47. The van der Waals surface area contributed by atoms with Gasteiger partial charge in [0.1, 0.15) is 0 Å². The van der Waals surface area contributed by atoms with Crippen LogP contribution in [0.1, 0.15) is 17.5 Å². The minimum absolute atomic E-state index is 0.708. The van der Waals surface area contributed by atoms with Crippen molar-refractivity contribution in [1.29, 1.82) is 0 Å². The largest absolute Gasteiger partial charge is 0.362 e. The van der Waals surface area contributed by atoms with Gasteiger partial charge in [0, 0.05) is 12.2 Å². The summed E-state index contributed by atoms with van der Waals surface area (Å²) in [6, 6.07) is 6.20. The lowest BCUT2D eigenvalue weighted by Gasteiger charge is -2.13. The third-order valence-electron chi connectivity index (χ3n) is 2.66. The van der Waals surface area contributed by atoms with Crippen LogP contribution in [0.15, 0.2) is 18.2 Å². The second-order valence-corrected chi connectivity index (χ2v) is 5.37. The second kappa shape index (κ2) is 7.56. The van der Waals surface area contributed by atoms with E-state index in [4.69, 9.17) is 12.2 Å². The van der Waals surface area contributed by atoms with Gasteiger partial charge in [-0.1, -0.05) is 12.1 Å². The van der Waals surface area contributed by atoms with Gasteiger partial charge in [-0.15, -0.1) is 0 Å². The van der Waals surface area contributed by atoms with Gasteiger partial charge >= 0.3 is 0 Å². The summed E-state index contributed by atoms with van der Waals surface area (Å²) < 4.78 is 0. The summed E-state index contributed by atoms with van der Waals surface area (Å²) in [4.78, 5) is 0. The van der Waals surface area contributed by atoms with Crippen molar-refractivity contribution >= 4 is 34.8 Å². The van der Waals surface area contributed by atoms with Gasteiger partial charge in [0.25, 0.3) is 0 Å². The van der Waals surface area contributed by atoms with Crippen molar-refractivity contribution in [2.75, 3.05) is 23.9 Å².